The molecule has 0 atom stereocenters. The summed E-state index contributed by atoms with van der Waals surface area (Å²) in [5, 5.41) is 0. The Balaban J connectivity index is 0.000000810. The molecule has 1 nitrogen and oxygen atoms in total. The van der Waals surface area contributed by atoms with Crippen molar-refractivity contribution in [1.29, 1.82) is 0 Å². The molecule has 1 heterocycles. The highest BCUT2D eigenvalue weighted by Crippen LogP contribution is 2.15. The van der Waals surface area contributed by atoms with E-state index in [4.69, 9.17) is 0 Å². The van der Waals surface area contributed by atoms with Crippen molar-refractivity contribution in [2.24, 2.45) is 0 Å². The van der Waals surface area contributed by atoms with Gasteiger partial charge in [0.05, 0.1) is 0 Å². The van der Waals surface area contributed by atoms with Crippen LogP contribution in [0.15, 0.2) is 4.42 Å². The summed E-state index contributed by atoms with van der Waals surface area (Å²) in [5.41, 5.74) is 0. The molecule has 0 aliphatic rings. The maximum atomic E-state index is 11.7. The van der Waals surface area contributed by atoms with Crippen molar-refractivity contribution >= 4 is 8.41 Å². The van der Waals surface area contributed by atoms with Crippen molar-refractivity contribution < 1.29 is 22.0 Å². The quantitative estimate of drug-likeness (QED) is 0.403. The lowest BCUT2D eigenvalue weighted by Crippen LogP contribution is -1.78. The number of hydrogen-bond donors (Lipinski definition) is 0. The normalized spacial score (nSPS) is 9.20. The molecule has 1 rings (SSSR count). The van der Waals surface area contributed by atoms with E-state index in [1.54, 1.807) is 0 Å². The molecule has 0 bridgehead atoms. The first-order valence-electron chi connectivity index (χ1n) is 1.91. The van der Waals surface area contributed by atoms with Crippen molar-refractivity contribution in [2.45, 2.75) is 0 Å². The Bertz CT molecular complexity index is 211. The fourth-order valence-corrected chi connectivity index (χ4v) is 0.341. The lowest BCUT2D eigenvalue weighted by atomic mass is 10.6. The zero-order valence-corrected chi connectivity index (χ0v) is 4.50. The molecule has 1 aromatic rings. The van der Waals surface area contributed by atoms with Crippen molar-refractivity contribution in [3.05, 3.63) is 23.7 Å². The van der Waals surface area contributed by atoms with Gasteiger partial charge >= 0.3 is 12.0 Å². The summed E-state index contributed by atoms with van der Waals surface area (Å²) in [5.74, 6) is -3.85. The molecule has 0 aliphatic heterocycles. The van der Waals surface area contributed by atoms with Gasteiger partial charge in [0.2, 0.25) is 11.6 Å². The van der Waals surface area contributed by atoms with Gasteiger partial charge in [-0.25, -0.2) is 0 Å². The maximum absolute atomic E-state index is 11.7. The molecular weight excluding hydrogens is 151 g/mol. The van der Waals surface area contributed by atoms with Crippen LogP contribution in [-0.2, 0) is 0 Å². The van der Waals surface area contributed by atoms with Gasteiger partial charge in [0, 0.05) is 8.41 Å². The van der Waals surface area contributed by atoms with E-state index in [0.29, 0.717) is 0 Å². The van der Waals surface area contributed by atoms with Gasteiger partial charge in [-0.3, -0.25) is 0 Å². The van der Waals surface area contributed by atoms with E-state index in [1.807, 2.05) is 0 Å². The highest BCUT2D eigenvalue weighted by Gasteiger charge is 2.19. The van der Waals surface area contributed by atoms with E-state index in [1.165, 1.54) is 0 Å². The molecule has 53 valence electrons. The summed E-state index contributed by atoms with van der Waals surface area (Å²) in [6, 6.07) is -3.74. The first-order valence-corrected chi connectivity index (χ1v) is 1.91. The Morgan fingerprint density at radius 3 is 1.20 bits per heavy atom. The van der Waals surface area contributed by atoms with Crippen LogP contribution in [0.3, 0.4) is 0 Å². The van der Waals surface area contributed by atoms with Gasteiger partial charge in [-0.2, -0.15) is 17.6 Å². The van der Waals surface area contributed by atoms with E-state index < -0.39 is 23.7 Å². The first kappa shape index (κ1) is 9.06. The van der Waals surface area contributed by atoms with Crippen LogP contribution in [0, 0.1) is 23.7 Å². The molecule has 0 spiro atoms. The average Bonchev–Trinajstić information content (AvgIpc) is 1.98. The van der Waals surface area contributed by atoms with Gasteiger partial charge in [0.25, 0.3) is 0 Å². The second kappa shape index (κ2) is 2.77. The average molecular weight is 151 g/mol. The van der Waals surface area contributed by atoms with Crippen LogP contribution in [-0.4, -0.2) is 8.41 Å². The summed E-state index contributed by atoms with van der Waals surface area (Å²) >= 11 is 0. The Kier molecular flexibility index (Phi) is 2.51. The lowest BCUT2D eigenvalue weighted by Gasteiger charge is -1.71. The Morgan fingerprint density at radius 2 is 1.10 bits per heavy atom. The number of halogens is 4. The molecule has 1 aromatic heterocycles. The summed E-state index contributed by atoms with van der Waals surface area (Å²) in [7, 11) is 0. The van der Waals surface area contributed by atoms with Crippen molar-refractivity contribution in [2.75, 3.05) is 0 Å². The third kappa shape index (κ3) is 1.15. The molecule has 0 amide bonds. The molecule has 0 unspecified atom stereocenters. The standard InChI is InChI=1S/C4F4O.B/c5-1-2(6)4(8)9-3(1)7;. The first-order chi connectivity index (χ1) is 4.13. The minimum Gasteiger partial charge on any atom is -0.399 e. The zero-order valence-electron chi connectivity index (χ0n) is 4.50. The summed E-state index contributed by atoms with van der Waals surface area (Å²) in [4.78, 5) is 0. The van der Waals surface area contributed by atoms with Crippen molar-refractivity contribution in [1.82, 2.24) is 0 Å². The maximum Gasteiger partial charge on any atom is 0.319 e. The van der Waals surface area contributed by atoms with Crippen LogP contribution in [0.2, 0.25) is 0 Å². The van der Waals surface area contributed by atoms with Crippen LogP contribution >= 0.6 is 0 Å². The van der Waals surface area contributed by atoms with Gasteiger partial charge in [0.15, 0.2) is 0 Å². The number of rotatable bonds is 0. The van der Waals surface area contributed by atoms with E-state index in [9.17, 15) is 17.6 Å². The summed E-state index contributed by atoms with van der Waals surface area (Å²) in [6.07, 6.45) is 0. The zero-order chi connectivity index (χ0) is 7.02. The second-order valence-electron chi connectivity index (χ2n) is 1.28. The van der Waals surface area contributed by atoms with E-state index >= 15 is 0 Å². The molecule has 6 heteroatoms. The Labute approximate surface area is 55.2 Å². The van der Waals surface area contributed by atoms with Crippen LogP contribution in [0.25, 0.3) is 0 Å². The largest absolute Gasteiger partial charge is 0.399 e. The van der Waals surface area contributed by atoms with Crippen molar-refractivity contribution in [3.8, 4) is 0 Å². The molecule has 0 aliphatic carbocycles. The van der Waals surface area contributed by atoms with E-state index in [0.717, 1.165) is 0 Å². The number of hydrogen-bond acceptors (Lipinski definition) is 1. The lowest BCUT2D eigenvalue weighted by molar-refractivity contribution is 0.248. The predicted octanol–water partition coefficient (Wildman–Crippen LogP) is 1.46. The van der Waals surface area contributed by atoms with E-state index in [2.05, 4.69) is 4.42 Å². The molecule has 10 heavy (non-hydrogen) atoms. The van der Waals surface area contributed by atoms with Gasteiger partial charge in [-0.05, 0) is 0 Å². The van der Waals surface area contributed by atoms with Crippen LogP contribution in [0.4, 0.5) is 17.6 Å². The highest BCUT2D eigenvalue weighted by atomic mass is 19.2. The molecule has 0 saturated heterocycles. The van der Waals surface area contributed by atoms with Crippen LogP contribution in [0.1, 0.15) is 0 Å². The van der Waals surface area contributed by atoms with E-state index in [-0.39, 0.29) is 8.41 Å². The fraction of sp³-hybridized carbons (Fsp3) is 0. The molecule has 0 fully saturated rings. The molecular formula is C4BF4O. The fourth-order valence-electron chi connectivity index (χ4n) is 0.341. The smallest absolute Gasteiger partial charge is 0.319 e. The minimum atomic E-state index is -1.92. The molecule has 0 aromatic carbocycles. The SMILES string of the molecule is Fc1oc(F)c(F)c1F.[B]. The third-order valence-corrected chi connectivity index (χ3v) is 0.717. The number of furan rings is 1. The Morgan fingerprint density at radius 1 is 0.800 bits per heavy atom. The molecule has 0 saturated carbocycles. The monoisotopic (exact) mass is 151 g/mol. The molecule has 3 radical (unpaired) electrons. The summed E-state index contributed by atoms with van der Waals surface area (Å²) in [6.45, 7) is 0. The predicted molar refractivity (Wildman–Crippen MR) is 24.3 cm³/mol. The van der Waals surface area contributed by atoms with Gasteiger partial charge in [-0.1, -0.05) is 0 Å². The molecule has 0 N–H and O–H groups in total. The van der Waals surface area contributed by atoms with Crippen LogP contribution < -0.4 is 0 Å². The van der Waals surface area contributed by atoms with Crippen molar-refractivity contribution in [3.63, 3.8) is 0 Å². The second-order valence-corrected chi connectivity index (χ2v) is 1.28. The van der Waals surface area contributed by atoms with Gasteiger partial charge < -0.3 is 4.42 Å². The Hall–Kier alpha value is -0.935. The van der Waals surface area contributed by atoms with Gasteiger partial charge in [0.1, 0.15) is 0 Å². The minimum absolute atomic E-state index is 0. The highest BCUT2D eigenvalue weighted by molar-refractivity contribution is 5.75. The van der Waals surface area contributed by atoms with Crippen LogP contribution in [0.5, 0.6) is 0 Å². The van der Waals surface area contributed by atoms with Gasteiger partial charge in [-0.15, -0.1) is 0 Å². The third-order valence-electron chi connectivity index (χ3n) is 0.717. The topological polar surface area (TPSA) is 13.1 Å². The summed E-state index contributed by atoms with van der Waals surface area (Å²) < 4.78 is 49.8.